The third-order valence-corrected chi connectivity index (χ3v) is 5.07. The van der Waals surface area contributed by atoms with Crippen LogP contribution < -0.4 is 4.74 Å². The van der Waals surface area contributed by atoms with Crippen LogP contribution >= 0.6 is 0 Å². The number of ether oxygens (including phenoxy) is 2. The molecule has 1 aromatic carbocycles. The van der Waals surface area contributed by atoms with Crippen LogP contribution in [0, 0.1) is 0 Å². The molecule has 0 radical (unpaired) electrons. The maximum atomic E-state index is 10.7. The van der Waals surface area contributed by atoms with E-state index in [0.717, 1.165) is 31.5 Å². The molecule has 2 fully saturated rings. The van der Waals surface area contributed by atoms with Crippen LogP contribution in [0.25, 0.3) is 0 Å². The predicted octanol–water partition coefficient (Wildman–Crippen LogP) is 0.627. The Morgan fingerprint density at radius 3 is 2.64 bits per heavy atom. The highest BCUT2D eigenvalue weighted by Crippen LogP contribution is 2.36. The molecule has 138 valence electrons. The number of carboxylic acid groups (broad SMARTS) is 1. The van der Waals surface area contributed by atoms with Gasteiger partial charge in [0, 0.05) is 31.6 Å². The van der Waals surface area contributed by atoms with Gasteiger partial charge in [0.25, 0.3) is 0 Å². The smallest absolute Gasteiger partial charge is 0.341 e. The number of hydrogen-bond donors (Lipinski definition) is 3. The topological polar surface area (TPSA) is 99.5 Å². The molecular formula is C18H25NO6. The van der Waals surface area contributed by atoms with Crippen LogP contribution in [0.1, 0.15) is 24.8 Å². The minimum Gasteiger partial charge on any atom is -0.482 e. The molecule has 25 heavy (non-hydrogen) atoms. The molecule has 2 saturated heterocycles. The number of piperidine rings is 1. The summed E-state index contributed by atoms with van der Waals surface area (Å²) in [5, 5.41) is 28.3. The Kier molecular flexibility index (Phi) is 5.58. The standard InChI is InChI=1S/C18H25NO6/c20-14-9-18(25-11-15(14)21)5-7-19(8-6-18)10-13-3-1-2-4-16(13)24-12-17(22)23/h1-4,14-15,20-21H,5-12H2,(H,22,23)/t14-,15+/m1/s1. The number of benzene rings is 1. The number of hydrogen-bond acceptors (Lipinski definition) is 6. The van der Waals surface area contributed by atoms with Gasteiger partial charge in [-0.2, -0.15) is 0 Å². The molecule has 1 spiro atoms. The lowest BCUT2D eigenvalue weighted by molar-refractivity contribution is -0.188. The first kappa shape index (κ1) is 18.1. The van der Waals surface area contributed by atoms with Crippen LogP contribution in [0.3, 0.4) is 0 Å². The molecule has 3 rings (SSSR count). The maximum absolute atomic E-state index is 10.7. The molecule has 0 aromatic heterocycles. The van der Waals surface area contributed by atoms with Crippen LogP contribution in [0.15, 0.2) is 24.3 Å². The van der Waals surface area contributed by atoms with E-state index < -0.39 is 18.2 Å². The Bertz CT molecular complexity index is 599. The zero-order valence-electron chi connectivity index (χ0n) is 14.1. The van der Waals surface area contributed by atoms with E-state index in [2.05, 4.69) is 4.90 Å². The van der Waals surface area contributed by atoms with Crippen LogP contribution in [-0.4, -0.2) is 70.3 Å². The van der Waals surface area contributed by atoms with Crippen molar-refractivity contribution in [1.29, 1.82) is 0 Å². The zero-order chi connectivity index (χ0) is 17.9. The van der Waals surface area contributed by atoms with Gasteiger partial charge >= 0.3 is 5.97 Å². The van der Waals surface area contributed by atoms with Gasteiger partial charge < -0.3 is 24.8 Å². The monoisotopic (exact) mass is 351 g/mol. The van der Waals surface area contributed by atoms with E-state index in [1.54, 1.807) is 6.07 Å². The largest absolute Gasteiger partial charge is 0.482 e. The molecule has 3 N–H and O–H groups in total. The molecule has 0 bridgehead atoms. The molecule has 2 aliphatic heterocycles. The van der Waals surface area contributed by atoms with Crippen molar-refractivity contribution >= 4 is 5.97 Å². The number of para-hydroxylation sites is 1. The van der Waals surface area contributed by atoms with Gasteiger partial charge in [-0.3, -0.25) is 4.90 Å². The fraction of sp³-hybridized carbons (Fsp3) is 0.611. The first-order valence-electron chi connectivity index (χ1n) is 8.62. The van der Waals surface area contributed by atoms with Gasteiger partial charge in [-0.15, -0.1) is 0 Å². The van der Waals surface area contributed by atoms with Crippen molar-refractivity contribution in [1.82, 2.24) is 4.90 Å². The van der Waals surface area contributed by atoms with Crippen LogP contribution in [0.5, 0.6) is 5.75 Å². The van der Waals surface area contributed by atoms with E-state index in [9.17, 15) is 15.0 Å². The molecule has 0 amide bonds. The third kappa shape index (κ3) is 4.49. The van der Waals surface area contributed by atoms with Crippen molar-refractivity contribution in [2.75, 3.05) is 26.3 Å². The Balaban J connectivity index is 1.57. The fourth-order valence-electron chi connectivity index (χ4n) is 3.57. The number of nitrogens with zero attached hydrogens (tertiary/aromatic N) is 1. The minimum absolute atomic E-state index is 0.188. The normalized spacial score (nSPS) is 26.5. The van der Waals surface area contributed by atoms with Gasteiger partial charge in [0.1, 0.15) is 11.9 Å². The molecule has 0 saturated carbocycles. The van der Waals surface area contributed by atoms with E-state index in [1.165, 1.54) is 0 Å². The van der Waals surface area contributed by atoms with Gasteiger partial charge in [-0.05, 0) is 18.9 Å². The molecular weight excluding hydrogens is 326 g/mol. The third-order valence-electron chi connectivity index (χ3n) is 5.07. The molecule has 0 aliphatic carbocycles. The van der Waals surface area contributed by atoms with Crippen molar-refractivity contribution in [3.63, 3.8) is 0 Å². The number of aliphatic carboxylic acids is 1. The number of likely N-dealkylation sites (tertiary alicyclic amines) is 1. The number of carboxylic acids is 1. The van der Waals surface area contributed by atoms with Gasteiger partial charge in [0.05, 0.1) is 18.3 Å². The highest BCUT2D eigenvalue weighted by atomic mass is 16.5. The molecule has 1 aromatic rings. The summed E-state index contributed by atoms with van der Waals surface area (Å²) >= 11 is 0. The van der Waals surface area contributed by atoms with Gasteiger partial charge in [-0.25, -0.2) is 4.79 Å². The molecule has 0 unspecified atom stereocenters. The van der Waals surface area contributed by atoms with E-state index in [4.69, 9.17) is 14.6 Å². The van der Waals surface area contributed by atoms with Crippen molar-refractivity contribution in [3.8, 4) is 5.75 Å². The quantitative estimate of drug-likeness (QED) is 0.715. The Morgan fingerprint density at radius 2 is 1.96 bits per heavy atom. The zero-order valence-corrected chi connectivity index (χ0v) is 14.1. The Morgan fingerprint density at radius 1 is 1.24 bits per heavy atom. The summed E-state index contributed by atoms with van der Waals surface area (Å²) in [7, 11) is 0. The van der Waals surface area contributed by atoms with E-state index in [-0.39, 0.29) is 18.8 Å². The Labute approximate surface area is 146 Å². The first-order chi connectivity index (χ1) is 12.0. The number of rotatable bonds is 5. The lowest BCUT2D eigenvalue weighted by Gasteiger charge is -2.46. The fourth-order valence-corrected chi connectivity index (χ4v) is 3.57. The number of carbonyl (C=O) groups is 1. The number of aliphatic hydroxyl groups is 2. The highest BCUT2D eigenvalue weighted by Gasteiger charge is 2.42. The summed E-state index contributed by atoms with van der Waals surface area (Å²) in [6.07, 6.45) is 0.567. The van der Waals surface area contributed by atoms with Crippen LogP contribution in [0.4, 0.5) is 0 Å². The van der Waals surface area contributed by atoms with E-state index in [1.807, 2.05) is 18.2 Å². The lowest BCUT2D eigenvalue weighted by Crippen LogP contribution is -2.54. The van der Waals surface area contributed by atoms with Crippen LogP contribution in [0.2, 0.25) is 0 Å². The highest BCUT2D eigenvalue weighted by molar-refractivity contribution is 5.68. The summed E-state index contributed by atoms with van der Waals surface area (Å²) in [6.45, 7) is 2.14. The van der Waals surface area contributed by atoms with Gasteiger partial charge in [0.15, 0.2) is 6.61 Å². The van der Waals surface area contributed by atoms with E-state index in [0.29, 0.717) is 18.7 Å². The summed E-state index contributed by atoms with van der Waals surface area (Å²) in [5.74, 6) is -0.400. The summed E-state index contributed by atoms with van der Waals surface area (Å²) < 4.78 is 11.2. The molecule has 7 heteroatoms. The first-order valence-corrected chi connectivity index (χ1v) is 8.62. The predicted molar refractivity (Wildman–Crippen MR) is 89.4 cm³/mol. The minimum atomic E-state index is -0.995. The van der Waals surface area contributed by atoms with Crippen LogP contribution in [-0.2, 0) is 16.1 Å². The van der Waals surface area contributed by atoms with Gasteiger partial charge in [-0.1, -0.05) is 18.2 Å². The van der Waals surface area contributed by atoms with Crippen molar-refractivity contribution in [3.05, 3.63) is 29.8 Å². The molecule has 2 aliphatic rings. The van der Waals surface area contributed by atoms with Crippen molar-refractivity contribution in [2.24, 2.45) is 0 Å². The number of aliphatic hydroxyl groups excluding tert-OH is 2. The summed E-state index contributed by atoms with van der Waals surface area (Å²) in [4.78, 5) is 13.0. The second-order valence-corrected chi connectivity index (χ2v) is 6.90. The average molecular weight is 351 g/mol. The molecule has 2 atom stereocenters. The van der Waals surface area contributed by atoms with E-state index >= 15 is 0 Å². The second-order valence-electron chi connectivity index (χ2n) is 6.90. The van der Waals surface area contributed by atoms with Crippen molar-refractivity contribution < 1.29 is 29.6 Å². The molecule has 7 nitrogen and oxygen atoms in total. The second kappa shape index (κ2) is 7.70. The molecule has 2 heterocycles. The summed E-state index contributed by atoms with van der Waals surface area (Å²) in [5.41, 5.74) is 0.619. The van der Waals surface area contributed by atoms with Crippen molar-refractivity contribution in [2.45, 2.75) is 43.6 Å². The summed E-state index contributed by atoms with van der Waals surface area (Å²) in [6, 6.07) is 7.47. The Hall–Kier alpha value is -1.67. The lowest BCUT2D eigenvalue weighted by atomic mass is 9.82. The maximum Gasteiger partial charge on any atom is 0.341 e. The van der Waals surface area contributed by atoms with Gasteiger partial charge in [0.2, 0.25) is 0 Å². The SMILES string of the molecule is O=C(O)COc1ccccc1CN1CCC2(CC1)C[C@@H](O)[C@@H](O)CO2. The average Bonchev–Trinajstić information content (AvgIpc) is 2.60.